The van der Waals surface area contributed by atoms with Crippen molar-refractivity contribution in [2.75, 3.05) is 0 Å². The molecule has 0 aliphatic heterocycles. The van der Waals surface area contributed by atoms with Crippen LogP contribution in [0.25, 0.3) is 17.0 Å². The van der Waals surface area contributed by atoms with Crippen LogP contribution in [0, 0.1) is 0 Å². The van der Waals surface area contributed by atoms with Crippen molar-refractivity contribution >= 4 is 29.0 Å². The Morgan fingerprint density at radius 3 is 2.71 bits per heavy atom. The van der Waals surface area contributed by atoms with Crippen LogP contribution in [0.5, 0.6) is 0 Å². The lowest BCUT2D eigenvalue weighted by molar-refractivity contribution is 0.860. The fourth-order valence-corrected chi connectivity index (χ4v) is 3.32. The minimum absolute atomic E-state index is 0.706. The van der Waals surface area contributed by atoms with E-state index in [2.05, 4.69) is 26.3 Å². The highest BCUT2D eigenvalue weighted by Crippen LogP contribution is 2.24. The van der Waals surface area contributed by atoms with Crippen LogP contribution in [0.4, 0.5) is 0 Å². The second-order valence-corrected chi connectivity index (χ2v) is 6.55. The molecule has 0 radical (unpaired) electrons. The third-order valence-electron chi connectivity index (χ3n) is 3.45. The SMILES string of the molecule is Clc1cccc(CSc2ccc3nnc(-c4ccncc4)n3n2)c1. The molecule has 3 heterocycles. The highest BCUT2D eigenvalue weighted by Gasteiger charge is 2.10. The maximum absolute atomic E-state index is 6.03. The van der Waals surface area contributed by atoms with E-state index in [4.69, 9.17) is 11.6 Å². The first-order chi connectivity index (χ1) is 11.8. The van der Waals surface area contributed by atoms with Gasteiger partial charge < -0.3 is 0 Å². The van der Waals surface area contributed by atoms with Crippen molar-refractivity contribution in [1.29, 1.82) is 0 Å². The Kier molecular flexibility index (Phi) is 4.15. The first kappa shape index (κ1) is 15.1. The summed E-state index contributed by atoms with van der Waals surface area (Å²) in [6.07, 6.45) is 3.46. The van der Waals surface area contributed by atoms with Gasteiger partial charge in [-0.1, -0.05) is 35.5 Å². The zero-order chi connectivity index (χ0) is 16.4. The molecule has 0 bridgehead atoms. The summed E-state index contributed by atoms with van der Waals surface area (Å²) >= 11 is 7.67. The number of pyridine rings is 1. The Morgan fingerprint density at radius 1 is 1.00 bits per heavy atom. The van der Waals surface area contributed by atoms with Gasteiger partial charge in [0.1, 0.15) is 5.03 Å². The topological polar surface area (TPSA) is 56.0 Å². The van der Waals surface area contributed by atoms with Gasteiger partial charge in [0.15, 0.2) is 11.5 Å². The Balaban J connectivity index is 1.63. The normalized spacial score (nSPS) is 11.0. The van der Waals surface area contributed by atoms with Gasteiger partial charge in [0, 0.05) is 28.7 Å². The van der Waals surface area contributed by atoms with E-state index in [-0.39, 0.29) is 0 Å². The smallest absolute Gasteiger partial charge is 0.185 e. The summed E-state index contributed by atoms with van der Waals surface area (Å²) in [5.74, 6) is 1.50. The molecular formula is C17H12ClN5S. The van der Waals surface area contributed by atoms with Gasteiger partial charge >= 0.3 is 0 Å². The second-order valence-electron chi connectivity index (χ2n) is 5.12. The highest BCUT2D eigenvalue weighted by atomic mass is 35.5. The molecule has 0 amide bonds. The van der Waals surface area contributed by atoms with Crippen LogP contribution in [-0.2, 0) is 5.75 Å². The maximum Gasteiger partial charge on any atom is 0.185 e. The summed E-state index contributed by atoms with van der Waals surface area (Å²) in [5, 5.41) is 14.7. The van der Waals surface area contributed by atoms with Crippen molar-refractivity contribution < 1.29 is 0 Å². The van der Waals surface area contributed by atoms with Crippen LogP contribution in [0.2, 0.25) is 5.02 Å². The van der Waals surface area contributed by atoms with E-state index in [0.717, 1.165) is 26.9 Å². The van der Waals surface area contributed by atoms with E-state index in [1.807, 2.05) is 42.5 Å². The summed E-state index contributed by atoms with van der Waals surface area (Å²) in [7, 11) is 0. The van der Waals surface area contributed by atoms with Crippen molar-refractivity contribution in [2.45, 2.75) is 10.8 Å². The number of benzene rings is 1. The lowest BCUT2D eigenvalue weighted by atomic mass is 10.2. The standard InChI is InChI=1S/C17H12ClN5S/c18-14-3-1-2-12(10-14)11-24-16-5-4-15-20-21-17(23(15)22-16)13-6-8-19-9-7-13/h1-10H,11H2. The number of halogens is 1. The van der Waals surface area contributed by atoms with Crippen molar-refractivity contribution in [1.82, 2.24) is 24.8 Å². The zero-order valence-corrected chi connectivity index (χ0v) is 14.1. The van der Waals surface area contributed by atoms with E-state index in [1.165, 1.54) is 0 Å². The Labute approximate surface area is 147 Å². The van der Waals surface area contributed by atoms with Gasteiger partial charge in [-0.05, 0) is 42.0 Å². The number of rotatable bonds is 4. The molecule has 1 aromatic carbocycles. The number of hydrogen-bond donors (Lipinski definition) is 0. The quantitative estimate of drug-likeness (QED) is 0.516. The predicted molar refractivity (Wildman–Crippen MR) is 95.0 cm³/mol. The molecule has 0 unspecified atom stereocenters. The van der Waals surface area contributed by atoms with Gasteiger partial charge in [-0.3, -0.25) is 4.98 Å². The van der Waals surface area contributed by atoms with Crippen LogP contribution in [0.3, 0.4) is 0 Å². The molecule has 0 saturated heterocycles. The minimum atomic E-state index is 0.706. The monoisotopic (exact) mass is 353 g/mol. The Bertz CT molecular complexity index is 987. The van der Waals surface area contributed by atoms with Gasteiger partial charge in [-0.2, -0.15) is 9.61 Å². The van der Waals surface area contributed by atoms with Crippen LogP contribution >= 0.6 is 23.4 Å². The summed E-state index contributed by atoms with van der Waals surface area (Å²) in [6, 6.07) is 15.5. The molecule has 0 saturated carbocycles. The molecule has 0 spiro atoms. The molecule has 24 heavy (non-hydrogen) atoms. The Hall–Kier alpha value is -2.44. The maximum atomic E-state index is 6.03. The van der Waals surface area contributed by atoms with E-state index in [0.29, 0.717) is 11.5 Å². The molecule has 118 valence electrons. The van der Waals surface area contributed by atoms with Crippen molar-refractivity contribution in [3.63, 3.8) is 0 Å². The van der Waals surface area contributed by atoms with Gasteiger partial charge in [0.25, 0.3) is 0 Å². The lowest BCUT2D eigenvalue weighted by Crippen LogP contribution is -1.96. The van der Waals surface area contributed by atoms with E-state index in [9.17, 15) is 0 Å². The van der Waals surface area contributed by atoms with E-state index in [1.54, 1.807) is 28.7 Å². The minimum Gasteiger partial charge on any atom is -0.265 e. The van der Waals surface area contributed by atoms with E-state index < -0.39 is 0 Å². The van der Waals surface area contributed by atoms with Gasteiger partial charge in [-0.25, -0.2) is 0 Å². The molecule has 3 aromatic heterocycles. The molecule has 0 aliphatic carbocycles. The van der Waals surface area contributed by atoms with Crippen LogP contribution in [0.15, 0.2) is 66.0 Å². The van der Waals surface area contributed by atoms with Gasteiger partial charge in [-0.15, -0.1) is 10.2 Å². The molecule has 5 nitrogen and oxygen atoms in total. The number of nitrogens with zero attached hydrogens (tertiary/aromatic N) is 5. The van der Waals surface area contributed by atoms with Crippen molar-refractivity contribution in [2.24, 2.45) is 0 Å². The molecule has 0 N–H and O–H groups in total. The summed E-state index contributed by atoms with van der Waals surface area (Å²) in [4.78, 5) is 4.03. The largest absolute Gasteiger partial charge is 0.265 e. The predicted octanol–water partition coefficient (Wildman–Crippen LogP) is 4.13. The number of aromatic nitrogens is 5. The number of fused-ring (bicyclic) bond motifs is 1. The zero-order valence-electron chi connectivity index (χ0n) is 12.5. The molecule has 4 aromatic rings. The van der Waals surface area contributed by atoms with Crippen LogP contribution in [-0.4, -0.2) is 24.8 Å². The van der Waals surface area contributed by atoms with Crippen LogP contribution in [0.1, 0.15) is 5.56 Å². The van der Waals surface area contributed by atoms with E-state index >= 15 is 0 Å². The third kappa shape index (κ3) is 3.11. The van der Waals surface area contributed by atoms with Crippen molar-refractivity contribution in [3.8, 4) is 11.4 Å². The molecule has 4 rings (SSSR count). The Morgan fingerprint density at radius 2 is 1.88 bits per heavy atom. The molecule has 0 fully saturated rings. The second kappa shape index (κ2) is 6.59. The fourth-order valence-electron chi connectivity index (χ4n) is 2.31. The summed E-state index contributed by atoms with van der Waals surface area (Å²) in [5.41, 5.74) is 2.81. The number of thioether (sulfide) groups is 1. The van der Waals surface area contributed by atoms with Crippen molar-refractivity contribution in [3.05, 3.63) is 71.5 Å². The molecule has 0 atom stereocenters. The fraction of sp³-hybridized carbons (Fsp3) is 0.0588. The average molecular weight is 354 g/mol. The first-order valence-corrected chi connectivity index (χ1v) is 8.66. The third-order valence-corrected chi connectivity index (χ3v) is 4.68. The molecule has 7 heteroatoms. The lowest BCUT2D eigenvalue weighted by Gasteiger charge is -2.04. The summed E-state index contributed by atoms with van der Waals surface area (Å²) < 4.78 is 1.76. The highest BCUT2D eigenvalue weighted by molar-refractivity contribution is 7.98. The van der Waals surface area contributed by atoms with Gasteiger partial charge in [0.05, 0.1) is 0 Å². The molecule has 0 aliphatic rings. The van der Waals surface area contributed by atoms with Crippen LogP contribution < -0.4 is 0 Å². The number of hydrogen-bond acceptors (Lipinski definition) is 5. The summed E-state index contributed by atoms with van der Waals surface area (Å²) in [6.45, 7) is 0. The first-order valence-electron chi connectivity index (χ1n) is 7.30. The van der Waals surface area contributed by atoms with Gasteiger partial charge in [0.2, 0.25) is 0 Å². The average Bonchev–Trinajstić information content (AvgIpc) is 3.04. The molecular weight excluding hydrogens is 342 g/mol.